The van der Waals surface area contributed by atoms with E-state index in [0.717, 1.165) is 20.8 Å². The number of aliphatic hydroxyl groups excluding tert-OH is 10. The highest BCUT2D eigenvalue weighted by Crippen LogP contribution is 2.39. The molecule has 28 nitrogen and oxygen atoms in total. The summed E-state index contributed by atoms with van der Waals surface area (Å²) in [6.45, 7) is -1.20. The topological polar surface area (TPSA) is 468 Å². The number of ether oxygens (including phenoxy) is 5. The predicted octanol–water partition coefficient (Wildman–Crippen LogP) is -9.52. The summed E-state index contributed by atoms with van der Waals surface area (Å²) in [6, 6.07) is -5.34. The molecular formula is C33H53N3O25. The smallest absolute Gasteiger partial charge is 0.364 e. The highest BCUT2D eigenvalue weighted by molar-refractivity contribution is 5.78. The fraction of sp³-hybridized carbons (Fsp3) is 0.818. The molecule has 17 N–H and O–H groups in total. The Balaban J connectivity index is 2.08. The van der Waals surface area contributed by atoms with Gasteiger partial charge < -0.3 is 111 Å². The first-order chi connectivity index (χ1) is 28.2. The molecule has 0 bridgehead atoms. The number of rotatable bonds is 19. The van der Waals surface area contributed by atoms with Crippen LogP contribution in [0.5, 0.6) is 0 Å². The number of amides is 3. The van der Waals surface area contributed by atoms with Crippen LogP contribution in [0.3, 0.4) is 0 Å². The third-order valence-corrected chi connectivity index (χ3v) is 10.2. The van der Waals surface area contributed by atoms with Crippen LogP contribution in [-0.2, 0) is 52.5 Å². The molecule has 28 heteroatoms. The maximum Gasteiger partial charge on any atom is 0.364 e. The van der Waals surface area contributed by atoms with Crippen molar-refractivity contribution >= 4 is 35.6 Å². The second kappa shape index (κ2) is 20.6. The van der Waals surface area contributed by atoms with E-state index in [2.05, 4.69) is 16.0 Å². The number of aliphatic hydroxyl groups is 11. The van der Waals surface area contributed by atoms with Crippen molar-refractivity contribution in [2.75, 3.05) is 19.8 Å². The maximum atomic E-state index is 13.0. The summed E-state index contributed by atoms with van der Waals surface area (Å²) < 4.78 is 27.3. The van der Waals surface area contributed by atoms with Gasteiger partial charge in [-0.25, -0.2) is 14.4 Å². The zero-order valence-electron chi connectivity index (χ0n) is 32.7. The first-order valence-electron chi connectivity index (χ1n) is 18.5. The van der Waals surface area contributed by atoms with Crippen LogP contribution in [0.1, 0.15) is 40.0 Å². The first-order valence-corrected chi connectivity index (χ1v) is 18.5. The van der Waals surface area contributed by atoms with Crippen molar-refractivity contribution in [3.05, 3.63) is 0 Å². The van der Waals surface area contributed by atoms with E-state index in [9.17, 15) is 100 Å². The van der Waals surface area contributed by atoms with Gasteiger partial charge in [-0.15, -0.1) is 0 Å². The summed E-state index contributed by atoms with van der Waals surface area (Å²) in [5.41, 5.74) is 0. The van der Waals surface area contributed by atoms with Crippen LogP contribution in [0.4, 0.5) is 0 Å². The van der Waals surface area contributed by atoms with E-state index >= 15 is 0 Å². The van der Waals surface area contributed by atoms with Crippen molar-refractivity contribution in [3.8, 4) is 0 Å². The molecule has 0 unspecified atom stereocenters. The molecule has 350 valence electrons. The van der Waals surface area contributed by atoms with Crippen LogP contribution >= 0.6 is 0 Å². The highest BCUT2D eigenvalue weighted by Gasteiger charge is 2.62. The average Bonchev–Trinajstić information content (AvgIpc) is 3.17. The highest BCUT2D eigenvalue weighted by atomic mass is 16.8. The number of carbonyl (C=O) groups is 6. The number of hydrogen-bond acceptors (Lipinski definition) is 22. The molecule has 3 amide bonds. The molecule has 61 heavy (non-hydrogen) atoms. The lowest BCUT2D eigenvalue weighted by molar-refractivity contribution is -0.356. The van der Waals surface area contributed by atoms with E-state index in [4.69, 9.17) is 23.7 Å². The lowest BCUT2D eigenvalue weighted by Gasteiger charge is -2.50. The van der Waals surface area contributed by atoms with E-state index in [1.807, 2.05) is 0 Å². The monoisotopic (exact) mass is 891 g/mol. The number of aliphatic carboxylic acids is 3. The summed E-state index contributed by atoms with van der Waals surface area (Å²) >= 11 is 0. The van der Waals surface area contributed by atoms with E-state index in [1.54, 1.807) is 0 Å². The minimum Gasteiger partial charge on any atom is -0.477 e. The summed E-state index contributed by atoms with van der Waals surface area (Å²) in [7, 11) is 0. The molecule has 18 atom stereocenters. The fourth-order valence-electron chi connectivity index (χ4n) is 7.32. The van der Waals surface area contributed by atoms with Gasteiger partial charge in [-0.2, -0.15) is 0 Å². The van der Waals surface area contributed by atoms with Crippen LogP contribution in [0, 0.1) is 0 Å². The number of carboxylic acid groups (broad SMARTS) is 3. The maximum absolute atomic E-state index is 13.0. The molecule has 3 aliphatic rings. The van der Waals surface area contributed by atoms with Crippen LogP contribution in [0.25, 0.3) is 0 Å². The second-order valence-corrected chi connectivity index (χ2v) is 14.8. The molecule has 0 spiro atoms. The third kappa shape index (κ3) is 11.4. The number of carbonyl (C=O) groups excluding carboxylic acids is 3. The average molecular weight is 892 g/mol. The Kier molecular flexibility index (Phi) is 17.4. The lowest BCUT2D eigenvalue weighted by atomic mass is 9.86. The van der Waals surface area contributed by atoms with Crippen molar-refractivity contribution in [3.63, 3.8) is 0 Å². The zero-order chi connectivity index (χ0) is 46.5. The van der Waals surface area contributed by atoms with E-state index < -0.39 is 183 Å². The number of hydrogen-bond donors (Lipinski definition) is 17. The molecular weight excluding hydrogens is 838 g/mol. The van der Waals surface area contributed by atoms with Gasteiger partial charge in [0.15, 0.2) is 0 Å². The van der Waals surface area contributed by atoms with Crippen molar-refractivity contribution in [1.82, 2.24) is 16.0 Å². The molecule has 0 aromatic carbocycles. The third-order valence-electron chi connectivity index (χ3n) is 10.2. The molecule has 3 heterocycles. The Labute approximate surface area is 344 Å². The normalized spacial score (nSPS) is 37.2. The summed E-state index contributed by atoms with van der Waals surface area (Å²) in [6.07, 6.45) is -30.5. The van der Waals surface area contributed by atoms with Crippen LogP contribution in [0.2, 0.25) is 0 Å². The largest absolute Gasteiger partial charge is 0.477 e. The minimum atomic E-state index is -3.35. The van der Waals surface area contributed by atoms with Crippen LogP contribution in [0.15, 0.2) is 0 Å². The Morgan fingerprint density at radius 1 is 0.557 bits per heavy atom. The Morgan fingerprint density at radius 3 is 1.18 bits per heavy atom. The van der Waals surface area contributed by atoms with Gasteiger partial charge >= 0.3 is 17.9 Å². The van der Waals surface area contributed by atoms with Gasteiger partial charge in [-0.3, -0.25) is 14.4 Å². The molecule has 0 aromatic rings. The van der Waals surface area contributed by atoms with E-state index in [0.29, 0.717) is 0 Å². The van der Waals surface area contributed by atoms with Crippen molar-refractivity contribution in [1.29, 1.82) is 0 Å². The molecule has 0 saturated carbocycles. The molecule has 3 rings (SSSR count). The molecule has 3 fully saturated rings. The number of nitrogens with one attached hydrogen (secondary N) is 3. The molecule has 3 saturated heterocycles. The van der Waals surface area contributed by atoms with Gasteiger partial charge in [-0.05, 0) is 0 Å². The SMILES string of the molecule is CC(=O)N[C@H]1[C@H]([C@@H](O)[C@@H](CO)O[C@]2(C(=O)O)C[C@H](O)[C@@H](NC(C)=O)[C@H]([C@@H](O)[C@@H](CO)O[C@]3(C(=O)O)C[C@H](O)[C@@H](NC(C)=O)[C@H]([C@H](O)[C@H](O)CO)O3)O2)O[C@@](O)(C(=O)O)C[C@@H]1O. The van der Waals surface area contributed by atoms with Crippen LogP contribution < -0.4 is 16.0 Å². The van der Waals surface area contributed by atoms with Gasteiger partial charge in [0, 0.05) is 40.0 Å². The van der Waals surface area contributed by atoms with Crippen LogP contribution in [-0.4, -0.2) is 236 Å². The zero-order valence-corrected chi connectivity index (χ0v) is 32.7. The summed E-state index contributed by atoms with van der Waals surface area (Å²) in [5.74, 6) is -18.9. The van der Waals surface area contributed by atoms with Crippen molar-refractivity contribution in [2.45, 2.75) is 149 Å². The van der Waals surface area contributed by atoms with Crippen molar-refractivity contribution < 1.29 is 124 Å². The Hall–Kier alpha value is -3.82. The van der Waals surface area contributed by atoms with E-state index in [1.165, 1.54) is 0 Å². The van der Waals surface area contributed by atoms with Gasteiger partial charge in [0.2, 0.25) is 17.7 Å². The molecule has 0 radical (unpaired) electrons. The summed E-state index contributed by atoms with van der Waals surface area (Å²) in [4.78, 5) is 73.8. The lowest BCUT2D eigenvalue weighted by Crippen LogP contribution is -2.71. The van der Waals surface area contributed by atoms with Crippen molar-refractivity contribution in [2.24, 2.45) is 0 Å². The van der Waals surface area contributed by atoms with Gasteiger partial charge in [0.1, 0.15) is 54.9 Å². The standard InChI is InChI=1S/C33H53N3O25/c1-10(40)34-19-13(43)4-31(56,28(50)51)59-26(19)23(48)17(8-38)57-33(30(54)55)6-15(45)21(36-12(3)42)27(61-33)24(49)18(9-39)58-32(29(52)53)5-14(44)20(35-11(2)41)25(60-32)22(47)16(46)7-37/h13-27,37-39,43-49,56H,4-9H2,1-3H3,(H,34,40)(H,35,41)(H,36,42)(H,50,51)(H,52,53)(H,54,55)/t13-,14-,15-,16+,17+,18+,19+,20+,21+,22+,23-,24-,25+,26+,27+,31+,32+,33+/m0/s1. The molecule has 0 aliphatic carbocycles. The Morgan fingerprint density at radius 2 is 0.885 bits per heavy atom. The van der Waals surface area contributed by atoms with Gasteiger partial charge in [0.25, 0.3) is 17.4 Å². The quantitative estimate of drug-likeness (QED) is 0.0572. The molecule has 3 aliphatic heterocycles. The minimum absolute atomic E-state index is 0.842. The number of carboxylic acids is 3. The van der Waals surface area contributed by atoms with E-state index in [-0.39, 0.29) is 0 Å². The second-order valence-electron chi connectivity index (χ2n) is 14.8. The first kappa shape index (κ1) is 51.5. The molecule has 0 aromatic heterocycles. The fourth-order valence-corrected chi connectivity index (χ4v) is 7.32. The predicted molar refractivity (Wildman–Crippen MR) is 188 cm³/mol. The van der Waals surface area contributed by atoms with Gasteiger partial charge in [-0.1, -0.05) is 0 Å². The Bertz CT molecular complexity index is 1590. The summed E-state index contributed by atoms with van der Waals surface area (Å²) in [5, 5.41) is 155. The van der Waals surface area contributed by atoms with Gasteiger partial charge in [0.05, 0.1) is 56.3 Å².